The first-order chi connectivity index (χ1) is 12.2. The van der Waals surface area contributed by atoms with Gasteiger partial charge in [0.2, 0.25) is 11.7 Å². The summed E-state index contributed by atoms with van der Waals surface area (Å²) in [4.78, 5) is 29.4. The van der Waals surface area contributed by atoms with E-state index < -0.39 is 0 Å². The second kappa shape index (κ2) is 5.77. The van der Waals surface area contributed by atoms with E-state index in [0.29, 0.717) is 24.8 Å². The summed E-state index contributed by atoms with van der Waals surface area (Å²) < 4.78 is 1.95. The Labute approximate surface area is 153 Å². The first kappa shape index (κ1) is 17.5. The maximum atomic E-state index is 12.6. The minimum Gasteiger partial charge on any atom is -0.345 e. The van der Waals surface area contributed by atoms with Crippen molar-refractivity contribution >= 4 is 11.8 Å². The standard InChI is InChI=1S/C18H28N6O2/c1-17(2,3)19-15(25)14-21-20-13-9-22(4)18(11-24(13)14)7-8-23(10-18)16(26)12-5-6-12/h12H,5-11H2,1-4H3,(H,19,25). The smallest absolute Gasteiger partial charge is 0.289 e. The molecule has 1 saturated carbocycles. The average Bonchev–Trinajstić information content (AvgIpc) is 3.19. The number of fused-ring (bicyclic) bond motifs is 1. The lowest BCUT2D eigenvalue weighted by Gasteiger charge is -2.42. The minimum absolute atomic E-state index is 0.142. The third kappa shape index (κ3) is 3.00. The highest BCUT2D eigenvalue weighted by Crippen LogP contribution is 2.38. The molecule has 3 heterocycles. The van der Waals surface area contributed by atoms with Gasteiger partial charge in [-0.1, -0.05) is 0 Å². The van der Waals surface area contributed by atoms with Gasteiger partial charge < -0.3 is 14.8 Å². The van der Waals surface area contributed by atoms with Gasteiger partial charge in [0, 0.05) is 31.1 Å². The Hall–Kier alpha value is -1.96. The Bertz CT molecular complexity index is 747. The second-order valence-corrected chi connectivity index (χ2v) is 9.09. The summed E-state index contributed by atoms with van der Waals surface area (Å²) in [5, 5.41) is 11.4. The van der Waals surface area contributed by atoms with Crippen LogP contribution in [-0.4, -0.2) is 67.6 Å². The van der Waals surface area contributed by atoms with Crippen LogP contribution < -0.4 is 5.32 Å². The van der Waals surface area contributed by atoms with Crippen LogP contribution in [0.4, 0.5) is 0 Å². The van der Waals surface area contributed by atoms with Crippen molar-refractivity contribution in [1.82, 2.24) is 29.9 Å². The Kier molecular flexibility index (Phi) is 3.87. The zero-order chi connectivity index (χ0) is 18.7. The van der Waals surface area contributed by atoms with Gasteiger partial charge in [-0.15, -0.1) is 10.2 Å². The fraction of sp³-hybridized carbons (Fsp3) is 0.778. The van der Waals surface area contributed by atoms with Crippen LogP contribution >= 0.6 is 0 Å². The molecule has 0 radical (unpaired) electrons. The molecule has 2 aliphatic heterocycles. The normalized spacial score (nSPS) is 26.2. The highest BCUT2D eigenvalue weighted by atomic mass is 16.2. The van der Waals surface area contributed by atoms with Crippen molar-refractivity contribution in [2.75, 3.05) is 20.1 Å². The van der Waals surface area contributed by atoms with Crippen LogP contribution in [0.15, 0.2) is 0 Å². The van der Waals surface area contributed by atoms with Gasteiger partial charge in [-0.3, -0.25) is 14.5 Å². The van der Waals surface area contributed by atoms with Crippen molar-refractivity contribution in [2.45, 2.75) is 64.2 Å². The van der Waals surface area contributed by atoms with Crippen molar-refractivity contribution in [2.24, 2.45) is 5.92 Å². The lowest BCUT2D eigenvalue weighted by atomic mass is 9.94. The first-order valence-electron chi connectivity index (χ1n) is 9.43. The van der Waals surface area contributed by atoms with Crippen LogP contribution in [0.25, 0.3) is 0 Å². The van der Waals surface area contributed by atoms with E-state index in [0.717, 1.165) is 38.2 Å². The fourth-order valence-electron chi connectivity index (χ4n) is 4.05. The molecular formula is C18H28N6O2. The Morgan fingerprint density at radius 2 is 1.92 bits per heavy atom. The molecule has 4 rings (SSSR count). The molecule has 1 aromatic rings. The third-order valence-electron chi connectivity index (χ3n) is 5.73. The number of carbonyl (C=O) groups excluding carboxylic acids is 2. The van der Waals surface area contributed by atoms with Gasteiger partial charge in [0.15, 0.2) is 0 Å². The number of aromatic nitrogens is 3. The molecule has 8 nitrogen and oxygen atoms in total. The number of likely N-dealkylation sites (N-methyl/N-ethyl adjacent to an activating group) is 1. The predicted octanol–water partition coefficient (Wildman–Crippen LogP) is 0.633. The molecule has 1 aromatic heterocycles. The zero-order valence-corrected chi connectivity index (χ0v) is 16.1. The quantitative estimate of drug-likeness (QED) is 0.836. The summed E-state index contributed by atoms with van der Waals surface area (Å²) in [6.07, 6.45) is 2.98. The number of hydrogen-bond acceptors (Lipinski definition) is 5. The number of likely N-dealkylation sites (tertiary alicyclic amines) is 1. The maximum Gasteiger partial charge on any atom is 0.289 e. The summed E-state index contributed by atoms with van der Waals surface area (Å²) in [6.45, 7) is 8.65. The van der Waals surface area contributed by atoms with E-state index in [9.17, 15) is 9.59 Å². The third-order valence-corrected chi connectivity index (χ3v) is 5.73. The first-order valence-corrected chi connectivity index (χ1v) is 9.43. The molecule has 0 bridgehead atoms. The largest absolute Gasteiger partial charge is 0.345 e. The number of carbonyl (C=O) groups is 2. The van der Waals surface area contributed by atoms with E-state index in [1.165, 1.54) is 0 Å². The molecule has 1 saturated heterocycles. The van der Waals surface area contributed by atoms with Gasteiger partial charge >= 0.3 is 0 Å². The fourth-order valence-corrected chi connectivity index (χ4v) is 4.05. The Morgan fingerprint density at radius 3 is 2.58 bits per heavy atom. The molecule has 1 aliphatic carbocycles. The number of nitrogens with one attached hydrogen (secondary N) is 1. The summed E-state index contributed by atoms with van der Waals surface area (Å²) in [5.74, 6) is 1.53. The van der Waals surface area contributed by atoms with Crippen molar-refractivity contribution in [3.8, 4) is 0 Å². The Balaban J connectivity index is 1.56. The van der Waals surface area contributed by atoms with E-state index >= 15 is 0 Å². The number of amides is 2. The summed E-state index contributed by atoms with van der Waals surface area (Å²) >= 11 is 0. The number of rotatable bonds is 2. The SMILES string of the molecule is CN1Cc2nnc(C(=O)NC(C)(C)C)n2CC12CCN(C(=O)C1CC1)C2. The van der Waals surface area contributed by atoms with Gasteiger partial charge in [-0.05, 0) is 47.1 Å². The van der Waals surface area contributed by atoms with Crippen LogP contribution in [0.2, 0.25) is 0 Å². The van der Waals surface area contributed by atoms with Gasteiger partial charge in [-0.25, -0.2) is 0 Å². The van der Waals surface area contributed by atoms with Gasteiger partial charge in [0.1, 0.15) is 5.82 Å². The molecule has 142 valence electrons. The molecule has 1 spiro atoms. The van der Waals surface area contributed by atoms with Gasteiger partial charge in [0.05, 0.1) is 12.1 Å². The maximum absolute atomic E-state index is 12.6. The summed E-state index contributed by atoms with van der Waals surface area (Å²) in [5.41, 5.74) is -0.468. The van der Waals surface area contributed by atoms with Crippen LogP contribution in [0.5, 0.6) is 0 Å². The average molecular weight is 360 g/mol. The van der Waals surface area contributed by atoms with Crippen LogP contribution in [0, 0.1) is 5.92 Å². The van der Waals surface area contributed by atoms with Gasteiger partial charge in [-0.2, -0.15) is 0 Å². The molecule has 26 heavy (non-hydrogen) atoms. The van der Waals surface area contributed by atoms with E-state index in [-0.39, 0.29) is 22.9 Å². The monoisotopic (exact) mass is 360 g/mol. The van der Waals surface area contributed by atoms with Crippen molar-refractivity contribution in [1.29, 1.82) is 0 Å². The zero-order valence-electron chi connectivity index (χ0n) is 16.1. The molecule has 2 fully saturated rings. The van der Waals surface area contributed by atoms with Crippen molar-refractivity contribution in [3.63, 3.8) is 0 Å². The number of hydrogen-bond donors (Lipinski definition) is 1. The Morgan fingerprint density at radius 1 is 1.19 bits per heavy atom. The van der Waals surface area contributed by atoms with Crippen molar-refractivity contribution < 1.29 is 9.59 Å². The predicted molar refractivity (Wildman–Crippen MR) is 95.4 cm³/mol. The molecule has 8 heteroatoms. The molecule has 3 aliphatic rings. The number of nitrogens with zero attached hydrogens (tertiary/aromatic N) is 5. The van der Waals surface area contributed by atoms with E-state index in [1.807, 2.05) is 30.2 Å². The lowest BCUT2D eigenvalue weighted by Crippen LogP contribution is -2.55. The lowest BCUT2D eigenvalue weighted by molar-refractivity contribution is -0.132. The van der Waals surface area contributed by atoms with Gasteiger partial charge in [0.25, 0.3) is 5.91 Å². The van der Waals surface area contributed by atoms with E-state index in [1.54, 1.807) is 0 Å². The minimum atomic E-state index is -0.326. The molecule has 2 amide bonds. The molecular weight excluding hydrogens is 332 g/mol. The van der Waals surface area contributed by atoms with Crippen LogP contribution in [0.3, 0.4) is 0 Å². The van der Waals surface area contributed by atoms with Crippen molar-refractivity contribution in [3.05, 3.63) is 11.6 Å². The van der Waals surface area contributed by atoms with E-state index in [4.69, 9.17) is 0 Å². The second-order valence-electron chi connectivity index (χ2n) is 9.09. The molecule has 0 aromatic carbocycles. The highest BCUT2D eigenvalue weighted by molar-refractivity contribution is 5.91. The summed E-state index contributed by atoms with van der Waals surface area (Å²) in [7, 11) is 2.08. The topological polar surface area (TPSA) is 83.4 Å². The highest BCUT2D eigenvalue weighted by Gasteiger charge is 2.48. The van der Waals surface area contributed by atoms with Crippen LogP contribution in [-0.2, 0) is 17.9 Å². The molecule has 1 N–H and O–H groups in total. The molecule has 1 unspecified atom stereocenters. The molecule has 1 atom stereocenters. The summed E-state index contributed by atoms with van der Waals surface area (Å²) in [6, 6.07) is 0. The van der Waals surface area contributed by atoms with E-state index in [2.05, 4.69) is 27.5 Å². The van der Waals surface area contributed by atoms with Crippen LogP contribution in [0.1, 0.15) is 56.5 Å².